The van der Waals surface area contributed by atoms with Gasteiger partial charge in [-0.3, -0.25) is 0 Å². The van der Waals surface area contributed by atoms with Gasteiger partial charge in [0.1, 0.15) is 25.4 Å². The molecular weight excluding hydrogens is 289 g/mol. The van der Waals surface area contributed by atoms with Crippen LogP contribution in [0.5, 0.6) is 0 Å². The molecule has 3 heteroatoms. The largest absolute Gasteiger partial charge is 0.455 e. The minimum atomic E-state index is -2.38. The van der Waals surface area contributed by atoms with Crippen LogP contribution in [-0.4, -0.2) is 0 Å². The molecule has 4 rings (SSSR count). The lowest BCUT2D eigenvalue weighted by atomic mass is 10.0. The summed E-state index contributed by atoms with van der Waals surface area (Å²) in [7, 11) is 1.63. The highest BCUT2D eigenvalue weighted by atomic mass is 19.1. The fourth-order valence-corrected chi connectivity index (χ4v) is 2.97. The smallest absolute Gasteiger partial charge is 0.216 e. The fraction of sp³-hybridized carbons (Fsp3) is 0.150. The van der Waals surface area contributed by atoms with E-state index in [1.807, 2.05) is 19.1 Å². The molecule has 0 saturated heterocycles. The minimum Gasteiger partial charge on any atom is -0.455 e. The summed E-state index contributed by atoms with van der Waals surface area (Å²) in [5, 5.41) is 1.37. The lowest BCUT2D eigenvalue weighted by Gasteiger charge is -2.05. The maximum atomic E-state index is 13.8. The van der Waals surface area contributed by atoms with E-state index < -0.39 is 12.7 Å². The fourth-order valence-electron chi connectivity index (χ4n) is 2.97. The molecule has 114 valence electrons. The highest BCUT2D eigenvalue weighted by Gasteiger charge is 2.20. The van der Waals surface area contributed by atoms with E-state index in [1.165, 1.54) is 16.7 Å². The van der Waals surface area contributed by atoms with Crippen molar-refractivity contribution in [2.45, 2.75) is 13.8 Å². The van der Waals surface area contributed by atoms with Crippen molar-refractivity contribution in [3.05, 3.63) is 65.6 Å². The number of fused-ring (bicyclic) bond motifs is 3. The Hall–Kier alpha value is -2.68. The summed E-state index contributed by atoms with van der Waals surface area (Å²) in [5.41, 5.74) is 2.74. The maximum Gasteiger partial charge on any atom is 0.216 e. The van der Waals surface area contributed by atoms with E-state index in [0.29, 0.717) is 22.2 Å². The molecule has 2 nitrogen and oxygen atoms in total. The van der Waals surface area contributed by atoms with Crippen LogP contribution >= 0.6 is 0 Å². The average molecular weight is 311 g/mol. The van der Waals surface area contributed by atoms with Crippen LogP contribution in [0, 0.1) is 19.6 Å². The van der Waals surface area contributed by atoms with Gasteiger partial charge in [-0.15, -0.1) is 0 Å². The van der Waals surface area contributed by atoms with Crippen LogP contribution in [0.25, 0.3) is 33.2 Å². The zero-order valence-corrected chi connectivity index (χ0v) is 12.7. The number of aromatic nitrogens is 1. The van der Waals surface area contributed by atoms with Crippen LogP contribution in [0.15, 0.2) is 53.0 Å². The van der Waals surface area contributed by atoms with E-state index in [2.05, 4.69) is 0 Å². The summed E-state index contributed by atoms with van der Waals surface area (Å²) in [6, 6.07) is 9.35. The number of furan rings is 1. The molecule has 2 aromatic heterocycles. The number of nitrogens with zero attached hydrogens (tertiary/aromatic N) is 1. The first-order chi connectivity index (χ1) is 13.1. The molecule has 0 radical (unpaired) electrons. The Morgan fingerprint density at radius 2 is 1.96 bits per heavy atom. The average Bonchev–Trinajstić information content (AvgIpc) is 2.99. The summed E-state index contributed by atoms with van der Waals surface area (Å²) in [4.78, 5) is 0. The molecule has 2 aromatic carbocycles. The molecule has 0 saturated carbocycles. The van der Waals surface area contributed by atoms with Crippen molar-refractivity contribution in [2.24, 2.45) is 7.05 Å². The molecule has 0 aliphatic heterocycles. The lowest BCUT2D eigenvalue weighted by molar-refractivity contribution is -0.660. The van der Waals surface area contributed by atoms with Gasteiger partial charge in [-0.1, -0.05) is 12.1 Å². The number of hydrogen-bond acceptors (Lipinski definition) is 1. The molecule has 0 aliphatic carbocycles. The second-order valence-corrected chi connectivity index (χ2v) is 5.59. The first-order valence-electron chi connectivity index (χ1n) is 9.72. The van der Waals surface area contributed by atoms with Crippen molar-refractivity contribution in [2.75, 3.05) is 0 Å². The summed E-state index contributed by atoms with van der Waals surface area (Å²) in [6.07, 6.45) is -0.114. The van der Waals surface area contributed by atoms with Gasteiger partial charge in [-0.2, -0.15) is 0 Å². The van der Waals surface area contributed by atoms with Gasteiger partial charge in [0, 0.05) is 32.6 Å². The Morgan fingerprint density at radius 3 is 2.78 bits per heavy atom. The van der Waals surface area contributed by atoms with Crippen LogP contribution in [0.2, 0.25) is 0 Å². The molecule has 0 N–H and O–H groups in total. The third kappa shape index (κ3) is 2.12. The van der Waals surface area contributed by atoms with Crippen molar-refractivity contribution in [1.82, 2.24) is 0 Å². The second kappa shape index (κ2) is 4.92. The predicted octanol–water partition coefficient (Wildman–Crippen LogP) is 4.83. The van der Waals surface area contributed by atoms with Gasteiger partial charge in [-0.25, -0.2) is 8.96 Å². The Labute approximate surface area is 140 Å². The highest BCUT2D eigenvalue weighted by Crippen LogP contribution is 2.36. The van der Waals surface area contributed by atoms with E-state index >= 15 is 0 Å². The summed E-state index contributed by atoms with van der Waals surface area (Å²) < 4.78 is 60.3. The standard InChI is InChI=1S/C20H17FNO/c1-12-4-9-17(22(3)11-12)19-13(2)5-7-16-15-8-6-14(21)10-18(15)23-20(16)19/h4-11H,1-3H3/q+1/i1D3,10D,11D. The topological polar surface area (TPSA) is 17.0 Å². The Morgan fingerprint density at radius 1 is 1.13 bits per heavy atom. The number of rotatable bonds is 1. The molecule has 0 unspecified atom stereocenters. The van der Waals surface area contributed by atoms with Gasteiger partial charge in [0.25, 0.3) is 0 Å². The Balaban J connectivity index is 2.08. The van der Waals surface area contributed by atoms with Crippen LogP contribution in [0.1, 0.15) is 18.0 Å². The molecule has 2 heterocycles. The normalized spacial score (nSPS) is 15.2. The van der Waals surface area contributed by atoms with E-state index in [1.54, 1.807) is 19.2 Å². The molecule has 0 aliphatic rings. The lowest BCUT2D eigenvalue weighted by Crippen LogP contribution is -2.31. The monoisotopic (exact) mass is 311 g/mol. The molecule has 0 atom stereocenters. The van der Waals surface area contributed by atoms with E-state index in [4.69, 9.17) is 11.3 Å². The third-order valence-electron chi connectivity index (χ3n) is 4.05. The molecule has 0 bridgehead atoms. The highest BCUT2D eigenvalue weighted by molar-refractivity contribution is 6.09. The predicted molar refractivity (Wildman–Crippen MR) is 89.8 cm³/mol. The summed E-state index contributed by atoms with van der Waals surface area (Å²) in [6.45, 7) is -0.503. The second-order valence-electron chi connectivity index (χ2n) is 5.59. The van der Waals surface area contributed by atoms with Gasteiger partial charge in [0.15, 0.2) is 6.17 Å². The van der Waals surface area contributed by atoms with Gasteiger partial charge >= 0.3 is 0 Å². The summed E-state index contributed by atoms with van der Waals surface area (Å²) in [5.74, 6) is -0.661. The molecule has 4 aromatic rings. The Bertz CT molecular complexity index is 1260. The van der Waals surface area contributed by atoms with Crippen LogP contribution in [0.3, 0.4) is 0 Å². The number of halogens is 1. The number of aryl methyl sites for hydroxylation is 2. The maximum absolute atomic E-state index is 13.8. The summed E-state index contributed by atoms with van der Waals surface area (Å²) >= 11 is 0. The van der Waals surface area contributed by atoms with Crippen LogP contribution in [-0.2, 0) is 7.05 Å². The zero-order chi connectivity index (χ0) is 20.4. The zero-order valence-electron chi connectivity index (χ0n) is 17.7. The van der Waals surface area contributed by atoms with Gasteiger partial charge in [0.2, 0.25) is 5.69 Å². The molecular formula is C20H17FNO+. The molecule has 23 heavy (non-hydrogen) atoms. The number of pyridine rings is 1. The third-order valence-corrected chi connectivity index (χ3v) is 4.05. The first kappa shape index (κ1) is 9.46. The van der Waals surface area contributed by atoms with Crippen molar-refractivity contribution in [3.63, 3.8) is 0 Å². The minimum absolute atomic E-state index is 0.0382. The van der Waals surface area contributed by atoms with Gasteiger partial charge in [0.05, 0.1) is 6.93 Å². The molecule has 0 fully saturated rings. The van der Waals surface area contributed by atoms with Crippen LogP contribution < -0.4 is 4.57 Å². The number of benzene rings is 2. The quantitative estimate of drug-likeness (QED) is 0.460. The van der Waals surface area contributed by atoms with Gasteiger partial charge < -0.3 is 4.42 Å². The van der Waals surface area contributed by atoms with Crippen molar-refractivity contribution in [3.8, 4) is 11.3 Å². The number of hydrogen-bond donors (Lipinski definition) is 0. The van der Waals surface area contributed by atoms with E-state index in [0.717, 1.165) is 10.9 Å². The van der Waals surface area contributed by atoms with Crippen molar-refractivity contribution >= 4 is 21.9 Å². The van der Waals surface area contributed by atoms with Crippen LogP contribution in [0.4, 0.5) is 4.39 Å². The van der Waals surface area contributed by atoms with Crippen molar-refractivity contribution in [1.29, 1.82) is 0 Å². The molecule has 0 spiro atoms. The SMILES string of the molecule is [2H]c1c(F)ccc2c1oc1c(-c3ccc(C([2H])([2H])[2H])c([2H])[n+]3C)c(C)ccc12. The Kier molecular flexibility index (Phi) is 2.02. The molecule has 0 amide bonds. The van der Waals surface area contributed by atoms with E-state index in [9.17, 15) is 4.39 Å². The van der Waals surface area contributed by atoms with Crippen molar-refractivity contribution < 1.29 is 20.2 Å². The first-order valence-corrected chi connectivity index (χ1v) is 7.22. The van der Waals surface area contributed by atoms with Gasteiger partial charge in [-0.05, 0) is 37.5 Å². The van der Waals surface area contributed by atoms with E-state index in [-0.39, 0.29) is 23.4 Å².